The number of rotatable bonds is 4. The molecule has 4 heteroatoms. The Labute approximate surface area is 124 Å². The minimum atomic E-state index is -0.607. The number of hydrogen-bond donors (Lipinski definition) is 0. The van der Waals surface area contributed by atoms with Gasteiger partial charge in [-0.25, -0.2) is 4.79 Å². The van der Waals surface area contributed by atoms with Gasteiger partial charge in [-0.3, -0.25) is 4.79 Å². The third-order valence-corrected chi connectivity index (χ3v) is 3.42. The van der Waals surface area contributed by atoms with Gasteiger partial charge >= 0.3 is 5.97 Å². The average Bonchev–Trinajstić information content (AvgIpc) is 2.49. The summed E-state index contributed by atoms with van der Waals surface area (Å²) in [6, 6.07) is 11.3. The van der Waals surface area contributed by atoms with Crippen molar-refractivity contribution in [3.63, 3.8) is 0 Å². The molecule has 0 saturated heterocycles. The zero-order chi connectivity index (χ0) is 15.4. The van der Waals surface area contributed by atoms with Gasteiger partial charge in [0, 0.05) is 6.20 Å². The smallest absolute Gasteiger partial charge is 0.343 e. The van der Waals surface area contributed by atoms with Crippen LogP contribution in [-0.4, -0.2) is 17.6 Å². The van der Waals surface area contributed by atoms with Gasteiger partial charge in [0.15, 0.2) is 0 Å². The first kappa shape index (κ1) is 15.0. The first-order chi connectivity index (χ1) is 10.0. The number of carbonyl (C=O) groups excluding carboxylic acids is 1. The maximum absolute atomic E-state index is 12.2. The average molecular weight is 285 g/mol. The molecule has 0 bridgehead atoms. The van der Waals surface area contributed by atoms with Gasteiger partial charge in [0.25, 0.3) is 5.56 Å². The lowest BCUT2D eigenvalue weighted by atomic mass is 10.0. The van der Waals surface area contributed by atoms with Gasteiger partial charge in [0.05, 0.1) is 13.7 Å². The third kappa shape index (κ3) is 3.40. The molecule has 1 heterocycles. The second kappa shape index (κ2) is 6.39. The normalized spacial score (nSPS) is 10.7. The molecule has 1 aromatic heterocycles. The van der Waals surface area contributed by atoms with E-state index in [1.165, 1.54) is 23.3 Å². The van der Waals surface area contributed by atoms with Gasteiger partial charge in [0.1, 0.15) is 5.56 Å². The van der Waals surface area contributed by atoms with Crippen molar-refractivity contribution in [1.29, 1.82) is 0 Å². The molecular formula is C17H19NO3. The fourth-order valence-electron chi connectivity index (χ4n) is 2.13. The van der Waals surface area contributed by atoms with Crippen LogP contribution in [0.15, 0.2) is 47.4 Å². The lowest BCUT2D eigenvalue weighted by Crippen LogP contribution is -2.26. The van der Waals surface area contributed by atoms with Crippen molar-refractivity contribution < 1.29 is 9.53 Å². The molecule has 0 aliphatic carbocycles. The highest BCUT2D eigenvalue weighted by Gasteiger charge is 2.12. The van der Waals surface area contributed by atoms with Crippen LogP contribution in [-0.2, 0) is 11.3 Å². The van der Waals surface area contributed by atoms with Crippen LogP contribution in [0.2, 0.25) is 0 Å². The highest BCUT2D eigenvalue weighted by atomic mass is 16.5. The van der Waals surface area contributed by atoms with E-state index in [9.17, 15) is 9.59 Å². The van der Waals surface area contributed by atoms with Crippen LogP contribution in [0.4, 0.5) is 0 Å². The van der Waals surface area contributed by atoms with Crippen LogP contribution in [0.25, 0.3) is 0 Å². The van der Waals surface area contributed by atoms with E-state index in [0.717, 1.165) is 5.56 Å². The molecule has 0 N–H and O–H groups in total. The van der Waals surface area contributed by atoms with Crippen molar-refractivity contribution in [2.24, 2.45) is 0 Å². The highest BCUT2D eigenvalue weighted by molar-refractivity contribution is 5.88. The van der Waals surface area contributed by atoms with E-state index in [-0.39, 0.29) is 11.1 Å². The van der Waals surface area contributed by atoms with E-state index in [1.54, 1.807) is 12.3 Å². The highest BCUT2D eigenvalue weighted by Crippen LogP contribution is 2.15. The van der Waals surface area contributed by atoms with Gasteiger partial charge in [0.2, 0.25) is 0 Å². The Balaban J connectivity index is 2.28. The van der Waals surface area contributed by atoms with E-state index in [1.807, 2.05) is 12.1 Å². The molecule has 110 valence electrons. The van der Waals surface area contributed by atoms with Gasteiger partial charge in [-0.1, -0.05) is 38.1 Å². The summed E-state index contributed by atoms with van der Waals surface area (Å²) in [4.78, 5) is 23.7. The maximum Gasteiger partial charge on any atom is 0.343 e. The molecule has 2 aromatic rings. The summed E-state index contributed by atoms with van der Waals surface area (Å²) >= 11 is 0. The molecule has 0 saturated carbocycles. The minimum Gasteiger partial charge on any atom is -0.465 e. The first-order valence-electron chi connectivity index (χ1n) is 6.89. The predicted octanol–water partition coefficient (Wildman–Crippen LogP) is 2.81. The van der Waals surface area contributed by atoms with E-state index in [0.29, 0.717) is 12.5 Å². The summed E-state index contributed by atoms with van der Waals surface area (Å²) in [5.41, 5.74) is 1.99. The van der Waals surface area contributed by atoms with Gasteiger partial charge < -0.3 is 9.30 Å². The number of esters is 1. The fourth-order valence-corrected chi connectivity index (χ4v) is 2.13. The molecule has 0 radical (unpaired) electrons. The number of ether oxygens (including phenoxy) is 1. The fraction of sp³-hybridized carbons (Fsp3) is 0.294. The molecule has 0 aliphatic heterocycles. The van der Waals surface area contributed by atoms with Crippen LogP contribution in [0, 0.1) is 0 Å². The molecule has 0 spiro atoms. The van der Waals surface area contributed by atoms with Crippen molar-refractivity contribution >= 4 is 5.97 Å². The summed E-state index contributed by atoms with van der Waals surface area (Å²) in [6.45, 7) is 4.71. The Kier molecular flexibility index (Phi) is 4.58. The Morgan fingerprint density at radius 3 is 2.43 bits per heavy atom. The second-order valence-corrected chi connectivity index (χ2v) is 5.24. The molecule has 0 aliphatic rings. The molecule has 0 atom stereocenters. The number of pyridine rings is 1. The Hall–Kier alpha value is -2.36. The number of aromatic nitrogens is 1. The Morgan fingerprint density at radius 1 is 1.19 bits per heavy atom. The van der Waals surface area contributed by atoms with Crippen molar-refractivity contribution in [3.8, 4) is 0 Å². The summed E-state index contributed by atoms with van der Waals surface area (Å²) in [5, 5.41) is 0. The number of benzene rings is 1. The van der Waals surface area contributed by atoms with Crippen molar-refractivity contribution in [2.75, 3.05) is 7.11 Å². The molecule has 0 unspecified atom stereocenters. The standard InChI is InChI=1S/C17H19NO3/c1-12(2)14-8-6-13(7-9-14)11-18-10-4-5-15(16(18)19)17(20)21-3/h4-10,12H,11H2,1-3H3. The van der Waals surface area contributed by atoms with E-state index in [2.05, 4.69) is 30.7 Å². The second-order valence-electron chi connectivity index (χ2n) is 5.24. The van der Waals surface area contributed by atoms with Gasteiger partial charge in [-0.15, -0.1) is 0 Å². The van der Waals surface area contributed by atoms with E-state index in [4.69, 9.17) is 0 Å². The lowest BCUT2D eigenvalue weighted by molar-refractivity contribution is 0.0598. The monoisotopic (exact) mass is 285 g/mol. The quantitative estimate of drug-likeness (QED) is 0.812. The van der Waals surface area contributed by atoms with Gasteiger partial charge in [-0.2, -0.15) is 0 Å². The molecule has 0 amide bonds. The summed E-state index contributed by atoms with van der Waals surface area (Å²) in [6.07, 6.45) is 1.67. The molecule has 0 fully saturated rings. The van der Waals surface area contributed by atoms with Crippen molar-refractivity contribution in [1.82, 2.24) is 4.57 Å². The largest absolute Gasteiger partial charge is 0.465 e. The third-order valence-electron chi connectivity index (χ3n) is 3.42. The Bertz CT molecular complexity index is 684. The topological polar surface area (TPSA) is 48.3 Å². The van der Waals surface area contributed by atoms with Crippen LogP contribution < -0.4 is 5.56 Å². The summed E-state index contributed by atoms with van der Waals surface area (Å²) < 4.78 is 6.12. The maximum atomic E-state index is 12.2. The molecule has 21 heavy (non-hydrogen) atoms. The summed E-state index contributed by atoms with van der Waals surface area (Å²) in [7, 11) is 1.27. The van der Waals surface area contributed by atoms with Gasteiger partial charge in [-0.05, 0) is 29.2 Å². The zero-order valence-electron chi connectivity index (χ0n) is 12.5. The Morgan fingerprint density at radius 2 is 1.86 bits per heavy atom. The van der Waals surface area contributed by atoms with Crippen molar-refractivity contribution in [3.05, 3.63) is 69.6 Å². The predicted molar refractivity (Wildman–Crippen MR) is 81.7 cm³/mol. The van der Waals surface area contributed by atoms with Crippen LogP contribution >= 0.6 is 0 Å². The molecule has 2 rings (SSSR count). The van der Waals surface area contributed by atoms with Crippen LogP contribution in [0.1, 0.15) is 41.3 Å². The molecule has 1 aromatic carbocycles. The molecular weight excluding hydrogens is 266 g/mol. The summed E-state index contributed by atoms with van der Waals surface area (Å²) in [5.74, 6) is -0.131. The minimum absolute atomic E-state index is 0.0544. The zero-order valence-corrected chi connectivity index (χ0v) is 12.5. The van der Waals surface area contributed by atoms with E-state index >= 15 is 0 Å². The van der Waals surface area contributed by atoms with Crippen molar-refractivity contribution in [2.45, 2.75) is 26.3 Å². The van der Waals surface area contributed by atoms with Crippen LogP contribution in [0.3, 0.4) is 0 Å². The number of hydrogen-bond acceptors (Lipinski definition) is 3. The number of carbonyl (C=O) groups is 1. The number of nitrogens with zero attached hydrogens (tertiary/aromatic N) is 1. The first-order valence-corrected chi connectivity index (χ1v) is 6.89. The van der Waals surface area contributed by atoms with E-state index < -0.39 is 5.97 Å². The molecule has 4 nitrogen and oxygen atoms in total. The lowest BCUT2D eigenvalue weighted by Gasteiger charge is -2.09. The van der Waals surface area contributed by atoms with Crippen LogP contribution in [0.5, 0.6) is 0 Å². The SMILES string of the molecule is COC(=O)c1cccn(Cc2ccc(C(C)C)cc2)c1=O. The number of methoxy groups -OCH3 is 1.